The van der Waals surface area contributed by atoms with E-state index in [-0.39, 0.29) is 5.91 Å². The number of aromatic nitrogens is 1. The standard InChI is InChI=1S/C20H23N3O/c1-15-13-21-9-8-19(15)16-4-6-17(7-5-16)20(24)23-12-11-22-10-2-3-18(22)14-23/h4-9,13,18H,2-3,10-12,14H2,1H3. The van der Waals surface area contributed by atoms with E-state index < -0.39 is 0 Å². The molecule has 0 spiro atoms. The molecule has 0 saturated carbocycles. The highest BCUT2D eigenvalue weighted by atomic mass is 16.2. The lowest BCUT2D eigenvalue weighted by Crippen LogP contribution is -2.52. The average Bonchev–Trinajstić information content (AvgIpc) is 3.09. The zero-order valence-electron chi connectivity index (χ0n) is 14.1. The summed E-state index contributed by atoms with van der Waals surface area (Å²) in [5.41, 5.74) is 4.24. The van der Waals surface area contributed by atoms with E-state index in [0.717, 1.165) is 36.3 Å². The number of piperazine rings is 1. The summed E-state index contributed by atoms with van der Waals surface area (Å²) in [5.74, 6) is 0.166. The topological polar surface area (TPSA) is 36.4 Å². The normalized spacial score (nSPS) is 20.9. The maximum Gasteiger partial charge on any atom is 0.253 e. The molecule has 2 aliphatic rings. The van der Waals surface area contributed by atoms with E-state index in [1.807, 2.05) is 47.6 Å². The number of carbonyl (C=O) groups excluding carboxylic acids is 1. The zero-order chi connectivity index (χ0) is 16.5. The zero-order valence-corrected chi connectivity index (χ0v) is 14.1. The summed E-state index contributed by atoms with van der Waals surface area (Å²) in [6.07, 6.45) is 6.18. The molecule has 1 aromatic carbocycles. The van der Waals surface area contributed by atoms with Gasteiger partial charge in [0.15, 0.2) is 0 Å². The molecular weight excluding hydrogens is 298 g/mol. The fourth-order valence-corrected chi connectivity index (χ4v) is 3.95. The molecule has 3 heterocycles. The van der Waals surface area contributed by atoms with Gasteiger partial charge < -0.3 is 4.90 Å². The molecular formula is C20H23N3O. The molecule has 4 rings (SSSR count). The molecule has 24 heavy (non-hydrogen) atoms. The van der Waals surface area contributed by atoms with Crippen LogP contribution in [0.1, 0.15) is 28.8 Å². The molecule has 4 nitrogen and oxygen atoms in total. The van der Waals surface area contributed by atoms with Gasteiger partial charge in [0.2, 0.25) is 0 Å². The number of hydrogen-bond donors (Lipinski definition) is 0. The van der Waals surface area contributed by atoms with Crippen LogP contribution in [0.5, 0.6) is 0 Å². The van der Waals surface area contributed by atoms with Gasteiger partial charge in [0.25, 0.3) is 5.91 Å². The third-order valence-electron chi connectivity index (χ3n) is 5.34. The molecule has 4 heteroatoms. The number of nitrogens with zero attached hydrogens (tertiary/aromatic N) is 3. The lowest BCUT2D eigenvalue weighted by molar-refractivity contribution is 0.0571. The van der Waals surface area contributed by atoms with E-state index in [9.17, 15) is 4.79 Å². The van der Waals surface area contributed by atoms with Crippen molar-refractivity contribution >= 4 is 5.91 Å². The third kappa shape index (κ3) is 2.82. The van der Waals surface area contributed by atoms with Gasteiger partial charge in [-0.3, -0.25) is 14.7 Å². The quantitative estimate of drug-likeness (QED) is 0.853. The van der Waals surface area contributed by atoms with Crippen LogP contribution in [0.25, 0.3) is 11.1 Å². The van der Waals surface area contributed by atoms with Crippen LogP contribution in [0.2, 0.25) is 0 Å². The summed E-state index contributed by atoms with van der Waals surface area (Å²) in [5, 5.41) is 0. The van der Waals surface area contributed by atoms with Gasteiger partial charge in [-0.1, -0.05) is 12.1 Å². The molecule has 0 bridgehead atoms. The first-order valence-electron chi connectivity index (χ1n) is 8.77. The average molecular weight is 321 g/mol. The summed E-state index contributed by atoms with van der Waals surface area (Å²) >= 11 is 0. The second kappa shape index (κ2) is 6.36. The number of fused-ring (bicyclic) bond motifs is 1. The minimum absolute atomic E-state index is 0.166. The monoisotopic (exact) mass is 321 g/mol. The van der Waals surface area contributed by atoms with Gasteiger partial charge in [0, 0.05) is 43.6 Å². The van der Waals surface area contributed by atoms with Crippen LogP contribution in [-0.2, 0) is 0 Å². The minimum Gasteiger partial charge on any atom is -0.336 e. The molecule has 2 saturated heterocycles. The van der Waals surface area contributed by atoms with E-state index in [4.69, 9.17) is 0 Å². The summed E-state index contributed by atoms with van der Waals surface area (Å²) in [4.78, 5) is 21.5. The molecule has 124 valence electrons. The smallest absolute Gasteiger partial charge is 0.253 e. The van der Waals surface area contributed by atoms with Crippen molar-refractivity contribution in [1.82, 2.24) is 14.8 Å². The Balaban J connectivity index is 1.50. The number of hydrogen-bond acceptors (Lipinski definition) is 3. The number of carbonyl (C=O) groups is 1. The van der Waals surface area contributed by atoms with E-state index in [2.05, 4.69) is 16.8 Å². The van der Waals surface area contributed by atoms with E-state index in [1.165, 1.54) is 24.9 Å². The first kappa shape index (κ1) is 15.3. The number of aryl methyl sites for hydroxylation is 1. The fraction of sp³-hybridized carbons (Fsp3) is 0.400. The van der Waals surface area contributed by atoms with Gasteiger partial charge >= 0.3 is 0 Å². The Hall–Kier alpha value is -2.20. The predicted octanol–water partition coefficient (Wildman–Crippen LogP) is 2.98. The first-order valence-corrected chi connectivity index (χ1v) is 8.77. The lowest BCUT2D eigenvalue weighted by Gasteiger charge is -2.37. The van der Waals surface area contributed by atoms with E-state index in [1.54, 1.807) is 0 Å². The summed E-state index contributed by atoms with van der Waals surface area (Å²) < 4.78 is 0. The van der Waals surface area contributed by atoms with Crippen LogP contribution in [0.15, 0.2) is 42.7 Å². The van der Waals surface area contributed by atoms with Crippen molar-refractivity contribution in [3.8, 4) is 11.1 Å². The highest BCUT2D eigenvalue weighted by Gasteiger charge is 2.32. The molecule has 1 atom stereocenters. The Morgan fingerprint density at radius 1 is 1.12 bits per heavy atom. The lowest BCUT2D eigenvalue weighted by atomic mass is 10.0. The number of amides is 1. The molecule has 1 aromatic heterocycles. The highest BCUT2D eigenvalue weighted by Crippen LogP contribution is 2.25. The second-order valence-electron chi connectivity index (χ2n) is 6.85. The van der Waals surface area contributed by atoms with E-state index >= 15 is 0 Å². The first-order chi connectivity index (χ1) is 11.7. The summed E-state index contributed by atoms with van der Waals surface area (Å²) in [7, 11) is 0. The van der Waals surface area contributed by atoms with Crippen molar-refractivity contribution in [2.45, 2.75) is 25.8 Å². The fourth-order valence-electron chi connectivity index (χ4n) is 3.95. The minimum atomic E-state index is 0.166. The van der Waals surface area contributed by atoms with Gasteiger partial charge in [-0.05, 0) is 61.2 Å². The molecule has 0 aliphatic carbocycles. The van der Waals surface area contributed by atoms with Crippen LogP contribution >= 0.6 is 0 Å². The van der Waals surface area contributed by atoms with Gasteiger partial charge in [-0.15, -0.1) is 0 Å². The summed E-state index contributed by atoms with van der Waals surface area (Å²) in [6.45, 7) is 6.00. The van der Waals surface area contributed by atoms with Crippen molar-refractivity contribution < 1.29 is 4.79 Å². The second-order valence-corrected chi connectivity index (χ2v) is 6.85. The number of pyridine rings is 1. The van der Waals surface area contributed by atoms with Crippen molar-refractivity contribution in [3.63, 3.8) is 0 Å². The Morgan fingerprint density at radius 3 is 2.75 bits per heavy atom. The molecule has 2 aromatic rings. The highest BCUT2D eigenvalue weighted by molar-refractivity contribution is 5.94. The van der Waals surface area contributed by atoms with Gasteiger partial charge in [0.1, 0.15) is 0 Å². The van der Waals surface area contributed by atoms with Crippen molar-refractivity contribution in [1.29, 1.82) is 0 Å². The van der Waals surface area contributed by atoms with Crippen LogP contribution in [0, 0.1) is 6.92 Å². The van der Waals surface area contributed by atoms with Crippen LogP contribution in [-0.4, -0.2) is 52.9 Å². The van der Waals surface area contributed by atoms with Crippen LogP contribution < -0.4 is 0 Å². The molecule has 2 aliphatic heterocycles. The Bertz CT molecular complexity index is 741. The Labute approximate surface area is 143 Å². The molecule has 0 radical (unpaired) electrons. The summed E-state index contributed by atoms with van der Waals surface area (Å²) in [6, 6.07) is 10.6. The Morgan fingerprint density at radius 2 is 1.96 bits per heavy atom. The van der Waals surface area contributed by atoms with Crippen LogP contribution in [0.3, 0.4) is 0 Å². The largest absolute Gasteiger partial charge is 0.336 e. The van der Waals surface area contributed by atoms with Crippen molar-refractivity contribution in [2.75, 3.05) is 26.2 Å². The molecule has 2 fully saturated rings. The van der Waals surface area contributed by atoms with Gasteiger partial charge in [0.05, 0.1) is 0 Å². The number of benzene rings is 1. The molecule has 1 unspecified atom stereocenters. The van der Waals surface area contributed by atoms with Gasteiger partial charge in [-0.25, -0.2) is 0 Å². The maximum absolute atomic E-state index is 12.8. The molecule has 1 amide bonds. The predicted molar refractivity (Wildman–Crippen MR) is 94.9 cm³/mol. The molecule has 0 N–H and O–H groups in total. The SMILES string of the molecule is Cc1cnccc1-c1ccc(C(=O)N2CCN3CCCC3C2)cc1. The van der Waals surface area contributed by atoms with Crippen molar-refractivity contribution in [2.24, 2.45) is 0 Å². The van der Waals surface area contributed by atoms with Crippen LogP contribution in [0.4, 0.5) is 0 Å². The van der Waals surface area contributed by atoms with Gasteiger partial charge in [-0.2, -0.15) is 0 Å². The van der Waals surface area contributed by atoms with Crippen molar-refractivity contribution in [3.05, 3.63) is 53.9 Å². The number of rotatable bonds is 2. The third-order valence-corrected chi connectivity index (χ3v) is 5.34. The maximum atomic E-state index is 12.8. The van der Waals surface area contributed by atoms with E-state index in [0.29, 0.717) is 6.04 Å². The Kier molecular flexibility index (Phi) is 4.07.